The fraction of sp³-hybridized carbons (Fsp3) is 0.318. The number of rotatable bonds is 7. The predicted molar refractivity (Wildman–Crippen MR) is 106 cm³/mol. The third kappa shape index (κ3) is 4.06. The molecule has 1 aliphatic heterocycles. The number of amides is 2. The van der Waals surface area contributed by atoms with Gasteiger partial charge in [-0.25, -0.2) is 4.79 Å². The SMILES string of the molecule is CCC[C@H](C(=O)Nc1ccc(C(=O)OCC)cc1)N1Cc2ccccc2C1=O. The van der Waals surface area contributed by atoms with Crippen LogP contribution in [0, 0.1) is 0 Å². The zero-order valence-corrected chi connectivity index (χ0v) is 16.1. The highest BCUT2D eigenvalue weighted by molar-refractivity contribution is 6.03. The van der Waals surface area contributed by atoms with E-state index in [1.807, 2.05) is 25.1 Å². The highest BCUT2D eigenvalue weighted by atomic mass is 16.5. The Morgan fingerprint density at radius 3 is 2.46 bits per heavy atom. The molecule has 1 N–H and O–H groups in total. The van der Waals surface area contributed by atoms with Crippen LogP contribution >= 0.6 is 0 Å². The van der Waals surface area contributed by atoms with Crippen molar-refractivity contribution in [3.8, 4) is 0 Å². The van der Waals surface area contributed by atoms with Crippen molar-refractivity contribution in [2.45, 2.75) is 39.3 Å². The molecule has 0 unspecified atom stereocenters. The number of carbonyl (C=O) groups is 3. The molecule has 28 heavy (non-hydrogen) atoms. The van der Waals surface area contributed by atoms with Gasteiger partial charge in [-0.1, -0.05) is 31.5 Å². The molecule has 6 nitrogen and oxygen atoms in total. The second-order valence-corrected chi connectivity index (χ2v) is 6.68. The lowest BCUT2D eigenvalue weighted by Crippen LogP contribution is -2.44. The van der Waals surface area contributed by atoms with Crippen LogP contribution in [0.3, 0.4) is 0 Å². The molecule has 1 atom stereocenters. The van der Waals surface area contributed by atoms with Gasteiger partial charge < -0.3 is 15.0 Å². The second kappa shape index (κ2) is 8.69. The minimum atomic E-state index is -0.547. The maximum Gasteiger partial charge on any atom is 0.338 e. The molecule has 146 valence electrons. The van der Waals surface area contributed by atoms with Gasteiger partial charge in [0.25, 0.3) is 5.91 Å². The molecule has 3 rings (SSSR count). The standard InChI is InChI=1S/C22H24N2O4/c1-3-7-19(24-14-16-8-5-6-9-18(16)21(24)26)20(25)23-17-12-10-15(11-13-17)22(27)28-4-2/h5-6,8-13,19H,3-4,7,14H2,1-2H3,(H,23,25)/t19-/m1/s1. The number of esters is 1. The lowest BCUT2D eigenvalue weighted by Gasteiger charge is -2.26. The molecule has 0 aliphatic carbocycles. The van der Waals surface area contributed by atoms with Crippen molar-refractivity contribution >= 4 is 23.5 Å². The number of ether oxygens (including phenoxy) is 1. The number of hydrogen-bond acceptors (Lipinski definition) is 4. The van der Waals surface area contributed by atoms with E-state index in [2.05, 4.69) is 5.32 Å². The summed E-state index contributed by atoms with van der Waals surface area (Å²) in [6.07, 6.45) is 1.35. The monoisotopic (exact) mass is 380 g/mol. The summed E-state index contributed by atoms with van der Waals surface area (Å²) in [4.78, 5) is 39.0. The number of fused-ring (bicyclic) bond motifs is 1. The molecule has 0 radical (unpaired) electrons. The normalized spacial score (nSPS) is 13.8. The maximum absolute atomic E-state index is 12.9. The van der Waals surface area contributed by atoms with Gasteiger partial charge in [0.05, 0.1) is 12.2 Å². The van der Waals surface area contributed by atoms with Crippen LogP contribution in [0.15, 0.2) is 48.5 Å². The molecular weight excluding hydrogens is 356 g/mol. The number of benzene rings is 2. The summed E-state index contributed by atoms with van der Waals surface area (Å²) in [5.74, 6) is -0.738. The Balaban J connectivity index is 1.72. The summed E-state index contributed by atoms with van der Waals surface area (Å²) in [7, 11) is 0. The average molecular weight is 380 g/mol. The minimum Gasteiger partial charge on any atom is -0.462 e. The van der Waals surface area contributed by atoms with Gasteiger partial charge in [-0.3, -0.25) is 9.59 Å². The Kier molecular flexibility index (Phi) is 6.09. The van der Waals surface area contributed by atoms with Crippen molar-refractivity contribution in [1.82, 2.24) is 4.90 Å². The van der Waals surface area contributed by atoms with Crippen LogP contribution in [0.4, 0.5) is 5.69 Å². The number of carbonyl (C=O) groups excluding carboxylic acids is 3. The first-order chi connectivity index (χ1) is 13.5. The molecular formula is C22H24N2O4. The Bertz CT molecular complexity index is 876. The van der Waals surface area contributed by atoms with E-state index in [1.165, 1.54) is 0 Å². The molecule has 0 saturated heterocycles. The van der Waals surface area contributed by atoms with Gasteiger partial charge in [0.2, 0.25) is 5.91 Å². The zero-order valence-electron chi connectivity index (χ0n) is 16.1. The number of nitrogens with zero attached hydrogens (tertiary/aromatic N) is 1. The van der Waals surface area contributed by atoms with E-state index in [0.29, 0.717) is 36.4 Å². The molecule has 0 spiro atoms. The molecule has 0 fully saturated rings. The van der Waals surface area contributed by atoms with Gasteiger partial charge in [-0.2, -0.15) is 0 Å². The maximum atomic E-state index is 12.9. The predicted octanol–water partition coefficient (Wildman–Crippen LogP) is 3.63. The van der Waals surface area contributed by atoms with Crippen LogP contribution < -0.4 is 5.32 Å². The molecule has 1 aliphatic rings. The third-order valence-corrected chi connectivity index (χ3v) is 4.75. The summed E-state index contributed by atoms with van der Waals surface area (Å²) in [5, 5.41) is 2.86. The van der Waals surface area contributed by atoms with Gasteiger partial charge in [0, 0.05) is 17.8 Å². The Labute approximate surface area is 164 Å². The molecule has 0 aromatic heterocycles. The van der Waals surface area contributed by atoms with E-state index in [9.17, 15) is 14.4 Å². The summed E-state index contributed by atoms with van der Waals surface area (Å²) < 4.78 is 4.96. The van der Waals surface area contributed by atoms with Crippen LogP contribution in [0.25, 0.3) is 0 Å². The van der Waals surface area contributed by atoms with Crippen molar-refractivity contribution in [2.24, 2.45) is 0 Å². The fourth-order valence-corrected chi connectivity index (χ4v) is 3.36. The highest BCUT2D eigenvalue weighted by Crippen LogP contribution is 2.26. The van der Waals surface area contributed by atoms with Crippen molar-refractivity contribution in [2.75, 3.05) is 11.9 Å². The average Bonchev–Trinajstić information content (AvgIpc) is 3.03. The molecule has 2 aromatic carbocycles. The molecule has 0 bridgehead atoms. The first-order valence-electron chi connectivity index (χ1n) is 9.52. The summed E-state index contributed by atoms with van der Waals surface area (Å²) in [6.45, 7) is 4.48. The van der Waals surface area contributed by atoms with Gasteiger partial charge in [0.15, 0.2) is 0 Å². The quantitative estimate of drug-likeness (QED) is 0.745. The first kappa shape index (κ1) is 19.6. The summed E-state index contributed by atoms with van der Waals surface area (Å²) >= 11 is 0. The van der Waals surface area contributed by atoms with E-state index in [0.717, 1.165) is 12.0 Å². The number of nitrogens with one attached hydrogen (secondary N) is 1. The summed E-state index contributed by atoms with van der Waals surface area (Å²) in [6, 6.07) is 13.4. The van der Waals surface area contributed by atoms with Crippen LogP contribution in [0.1, 0.15) is 53.0 Å². The lowest BCUT2D eigenvalue weighted by molar-refractivity contribution is -0.120. The molecule has 0 saturated carbocycles. The van der Waals surface area contributed by atoms with Crippen LogP contribution in [-0.2, 0) is 16.1 Å². The molecule has 2 aromatic rings. The Hall–Kier alpha value is -3.15. The second-order valence-electron chi connectivity index (χ2n) is 6.68. The minimum absolute atomic E-state index is 0.109. The lowest BCUT2D eigenvalue weighted by atomic mass is 10.1. The van der Waals surface area contributed by atoms with Crippen LogP contribution in [0.5, 0.6) is 0 Å². The van der Waals surface area contributed by atoms with Crippen molar-refractivity contribution in [3.05, 3.63) is 65.2 Å². The van der Waals surface area contributed by atoms with Crippen LogP contribution in [-0.4, -0.2) is 35.3 Å². The van der Waals surface area contributed by atoms with E-state index in [-0.39, 0.29) is 11.8 Å². The van der Waals surface area contributed by atoms with Gasteiger partial charge >= 0.3 is 5.97 Å². The fourth-order valence-electron chi connectivity index (χ4n) is 3.36. The number of hydrogen-bond donors (Lipinski definition) is 1. The van der Waals surface area contributed by atoms with Crippen molar-refractivity contribution in [3.63, 3.8) is 0 Å². The highest BCUT2D eigenvalue weighted by Gasteiger charge is 2.35. The largest absolute Gasteiger partial charge is 0.462 e. The molecule has 1 heterocycles. The summed E-state index contributed by atoms with van der Waals surface area (Å²) in [5.41, 5.74) is 2.61. The Morgan fingerprint density at radius 2 is 1.82 bits per heavy atom. The van der Waals surface area contributed by atoms with Crippen LogP contribution in [0.2, 0.25) is 0 Å². The van der Waals surface area contributed by atoms with E-state index < -0.39 is 12.0 Å². The third-order valence-electron chi connectivity index (χ3n) is 4.75. The van der Waals surface area contributed by atoms with E-state index in [4.69, 9.17) is 4.74 Å². The first-order valence-corrected chi connectivity index (χ1v) is 9.52. The Morgan fingerprint density at radius 1 is 1.11 bits per heavy atom. The molecule has 6 heteroatoms. The topological polar surface area (TPSA) is 75.7 Å². The van der Waals surface area contributed by atoms with E-state index in [1.54, 1.807) is 42.2 Å². The number of anilines is 1. The van der Waals surface area contributed by atoms with Crippen molar-refractivity contribution < 1.29 is 19.1 Å². The van der Waals surface area contributed by atoms with E-state index >= 15 is 0 Å². The zero-order chi connectivity index (χ0) is 20.1. The molecule has 2 amide bonds. The van der Waals surface area contributed by atoms with Crippen molar-refractivity contribution in [1.29, 1.82) is 0 Å². The van der Waals surface area contributed by atoms with Gasteiger partial charge in [0.1, 0.15) is 6.04 Å². The van der Waals surface area contributed by atoms with Gasteiger partial charge in [-0.15, -0.1) is 0 Å². The van der Waals surface area contributed by atoms with Gasteiger partial charge in [-0.05, 0) is 49.2 Å². The smallest absolute Gasteiger partial charge is 0.338 e.